The molecular weight excluding hydrogens is 522 g/mol. The lowest BCUT2D eigenvalue weighted by Crippen LogP contribution is -2.18. The van der Waals surface area contributed by atoms with Crippen molar-refractivity contribution in [2.75, 3.05) is 4.72 Å². The maximum absolute atomic E-state index is 12.5. The van der Waals surface area contributed by atoms with Crippen LogP contribution in [0.1, 0.15) is 25.6 Å². The molecule has 182 valence electrons. The molecule has 0 unspecified atom stereocenters. The standard InChI is InChI=1S/C25H18ClN3O5S2/c26-19-7-13-22(14-8-19)36(32,33)29-20-9-5-18(6-10-20)24(30)28-27-16-17-3-11-21(12-4-17)34-25(31)23-2-1-15-35-23/h1-16,29H,(H,28,30)/b27-16-. The van der Waals surface area contributed by atoms with Gasteiger partial charge in [0.2, 0.25) is 0 Å². The van der Waals surface area contributed by atoms with Gasteiger partial charge in [-0.05, 0) is 89.8 Å². The van der Waals surface area contributed by atoms with Crippen LogP contribution in [0, 0.1) is 0 Å². The SMILES string of the molecule is O=C(N/N=C\c1ccc(OC(=O)c2cccs2)cc1)c1ccc(NS(=O)(=O)c2ccc(Cl)cc2)cc1. The number of amides is 1. The van der Waals surface area contributed by atoms with Gasteiger partial charge in [0.15, 0.2) is 0 Å². The number of hydrazone groups is 1. The first kappa shape index (κ1) is 25.1. The maximum atomic E-state index is 12.5. The van der Waals surface area contributed by atoms with E-state index in [1.54, 1.807) is 41.8 Å². The number of ether oxygens (including phenoxy) is 1. The summed E-state index contributed by atoms with van der Waals surface area (Å²) < 4.78 is 32.7. The van der Waals surface area contributed by atoms with Crippen LogP contribution in [0.2, 0.25) is 5.02 Å². The molecule has 4 aromatic rings. The summed E-state index contributed by atoms with van der Waals surface area (Å²) in [5.74, 6) is -0.510. The number of carbonyl (C=O) groups is 2. The van der Waals surface area contributed by atoms with Crippen molar-refractivity contribution in [3.63, 3.8) is 0 Å². The molecular formula is C25H18ClN3O5S2. The zero-order valence-electron chi connectivity index (χ0n) is 18.4. The van der Waals surface area contributed by atoms with Gasteiger partial charge in [-0.1, -0.05) is 17.7 Å². The molecule has 2 N–H and O–H groups in total. The predicted molar refractivity (Wildman–Crippen MR) is 139 cm³/mol. The molecule has 0 bridgehead atoms. The second-order valence-electron chi connectivity index (χ2n) is 7.27. The molecule has 4 rings (SSSR count). The molecule has 0 fully saturated rings. The number of thiophene rings is 1. The van der Waals surface area contributed by atoms with Crippen LogP contribution in [0.3, 0.4) is 0 Å². The monoisotopic (exact) mass is 539 g/mol. The minimum atomic E-state index is -3.79. The highest BCUT2D eigenvalue weighted by molar-refractivity contribution is 7.92. The highest BCUT2D eigenvalue weighted by atomic mass is 35.5. The van der Waals surface area contributed by atoms with E-state index in [1.165, 1.54) is 66.1 Å². The third-order valence-electron chi connectivity index (χ3n) is 4.72. The number of sulfonamides is 1. The smallest absolute Gasteiger partial charge is 0.353 e. The van der Waals surface area contributed by atoms with Crippen LogP contribution >= 0.6 is 22.9 Å². The van der Waals surface area contributed by atoms with Crippen LogP contribution in [-0.4, -0.2) is 26.5 Å². The average Bonchev–Trinajstić information content (AvgIpc) is 3.41. The van der Waals surface area contributed by atoms with Crippen molar-refractivity contribution in [2.45, 2.75) is 4.90 Å². The number of benzene rings is 3. The Balaban J connectivity index is 1.30. The molecule has 36 heavy (non-hydrogen) atoms. The topological polar surface area (TPSA) is 114 Å². The lowest BCUT2D eigenvalue weighted by molar-refractivity contribution is 0.0739. The van der Waals surface area contributed by atoms with Crippen LogP contribution < -0.4 is 14.9 Å². The molecule has 1 heterocycles. The van der Waals surface area contributed by atoms with Crippen LogP contribution in [0.5, 0.6) is 5.75 Å². The highest BCUT2D eigenvalue weighted by Gasteiger charge is 2.14. The van der Waals surface area contributed by atoms with Gasteiger partial charge in [0.25, 0.3) is 15.9 Å². The van der Waals surface area contributed by atoms with E-state index in [0.717, 1.165) is 0 Å². The second kappa shape index (κ2) is 11.2. The zero-order valence-corrected chi connectivity index (χ0v) is 20.8. The number of rotatable bonds is 8. The van der Waals surface area contributed by atoms with Gasteiger partial charge in [-0.2, -0.15) is 5.10 Å². The number of nitrogens with one attached hydrogen (secondary N) is 2. The molecule has 3 aromatic carbocycles. The van der Waals surface area contributed by atoms with E-state index >= 15 is 0 Å². The largest absolute Gasteiger partial charge is 0.422 e. The van der Waals surface area contributed by atoms with Crippen LogP contribution in [-0.2, 0) is 10.0 Å². The first-order valence-corrected chi connectivity index (χ1v) is 13.1. The van der Waals surface area contributed by atoms with Crippen molar-refractivity contribution in [1.29, 1.82) is 0 Å². The van der Waals surface area contributed by atoms with E-state index in [2.05, 4.69) is 15.2 Å². The summed E-state index contributed by atoms with van der Waals surface area (Å²) in [7, 11) is -3.79. The molecule has 0 radical (unpaired) electrons. The molecule has 1 aromatic heterocycles. The van der Waals surface area contributed by atoms with E-state index in [-0.39, 0.29) is 10.5 Å². The Morgan fingerprint density at radius 2 is 1.61 bits per heavy atom. The summed E-state index contributed by atoms with van der Waals surface area (Å²) in [6, 6.07) is 21.7. The maximum Gasteiger partial charge on any atom is 0.353 e. The summed E-state index contributed by atoms with van der Waals surface area (Å²) in [5.41, 5.74) is 3.67. The lowest BCUT2D eigenvalue weighted by Gasteiger charge is -2.09. The van der Waals surface area contributed by atoms with Crippen molar-refractivity contribution in [1.82, 2.24) is 5.43 Å². The zero-order chi connectivity index (χ0) is 25.5. The predicted octanol–water partition coefficient (Wildman–Crippen LogP) is 5.19. The first-order valence-electron chi connectivity index (χ1n) is 10.4. The fourth-order valence-corrected chi connectivity index (χ4v) is 4.70. The Hall–Kier alpha value is -3.99. The molecule has 0 atom stereocenters. The fourth-order valence-electron chi connectivity index (χ4n) is 2.92. The van der Waals surface area contributed by atoms with Crippen molar-refractivity contribution >= 4 is 56.7 Å². The quantitative estimate of drug-likeness (QED) is 0.138. The lowest BCUT2D eigenvalue weighted by atomic mass is 10.2. The third kappa shape index (κ3) is 6.57. The number of hydrogen-bond acceptors (Lipinski definition) is 7. The summed E-state index contributed by atoms with van der Waals surface area (Å²) in [5, 5.41) is 6.15. The number of esters is 1. The molecule has 0 aliphatic rings. The van der Waals surface area contributed by atoms with Gasteiger partial charge in [-0.15, -0.1) is 11.3 Å². The van der Waals surface area contributed by atoms with Gasteiger partial charge < -0.3 is 4.74 Å². The fraction of sp³-hybridized carbons (Fsp3) is 0. The van der Waals surface area contributed by atoms with Gasteiger partial charge >= 0.3 is 5.97 Å². The minimum Gasteiger partial charge on any atom is -0.422 e. The molecule has 0 aliphatic carbocycles. The van der Waals surface area contributed by atoms with Crippen LogP contribution in [0.25, 0.3) is 0 Å². The Labute approximate surface area is 216 Å². The number of nitrogens with zero attached hydrogens (tertiary/aromatic N) is 1. The van der Waals surface area contributed by atoms with Crippen LogP contribution in [0.15, 0.2) is 100 Å². The van der Waals surface area contributed by atoms with Gasteiger partial charge in [0, 0.05) is 16.3 Å². The summed E-state index contributed by atoms with van der Waals surface area (Å²) in [6.45, 7) is 0. The van der Waals surface area contributed by atoms with Crippen molar-refractivity contribution in [3.8, 4) is 5.75 Å². The van der Waals surface area contributed by atoms with Crippen molar-refractivity contribution in [3.05, 3.63) is 111 Å². The Morgan fingerprint density at radius 3 is 2.25 bits per heavy atom. The number of halogens is 1. The Kier molecular flexibility index (Phi) is 7.79. The number of carbonyl (C=O) groups excluding carboxylic acids is 2. The van der Waals surface area contributed by atoms with Gasteiger partial charge in [0.05, 0.1) is 11.1 Å². The van der Waals surface area contributed by atoms with E-state index in [9.17, 15) is 18.0 Å². The molecule has 0 saturated heterocycles. The Bertz CT molecular complexity index is 1490. The van der Waals surface area contributed by atoms with Gasteiger partial charge in [-0.25, -0.2) is 18.6 Å². The molecule has 1 amide bonds. The van der Waals surface area contributed by atoms with Gasteiger partial charge in [-0.3, -0.25) is 9.52 Å². The van der Waals surface area contributed by atoms with Crippen LogP contribution in [0.4, 0.5) is 5.69 Å². The first-order chi connectivity index (χ1) is 17.3. The normalized spacial score (nSPS) is 11.2. The van der Waals surface area contributed by atoms with E-state index in [1.807, 2.05) is 0 Å². The minimum absolute atomic E-state index is 0.0664. The van der Waals surface area contributed by atoms with Crippen molar-refractivity contribution < 1.29 is 22.7 Å². The summed E-state index contributed by atoms with van der Waals surface area (Å²) in [6.07, 6.45) is 1.44. The molecule has 0 saturated carbocycles. The molecule has 11 heteroatoms. The number of hydrogen-bond donors (Lipinski definition) is 2. The summed E-state index contributed by atoms with van der Waals surface area (Å²) in [4.78, 5) is 24.9. The molecule has 8 nitrogen and oxygen atoms in total. The Morgan fingerprint density at radius 1 is 0.917 bits per heavy atom. The average molecular weight is 540 g/mol. The van der Waals surface area contributed by atoms with Crippen molar-refractivity contribution in [2.24, 2.45) is 5.10 Å². The second-order valence-corrected chi connectivity index (χ2v) is 10.3. The summed E-state index contributed by atoms with van der Waals surface area (Å²) >= 11 is 7.10. The van der Waals surface area contributed by atoms with E-state index in [4.69, 9.17) is 16.3 Å². The van der Waals surface area contributed by atoms with Gasteiger partial charge in [0.1, 0.15) is 10.6 Å². The number of anilines is 1. The van der Waals surface area contributed by atoms with E-state index < -0.39 is 21.9 Å². The molecule has 0 aliphatic heterocycles. The third-order valence-corrected chi connectivity index (χ3v) is 7.22. The highest BCUT2D eigenvalue weighted by Crippen LogP contribution is 2.19. The molecule has 0 spiro atoms. The van der Waals surface area contributed by atoms with E-state index in [0.29, 0.717) is 26.9 Å².